The van der Waals surface area contributed by atoms with Gasteiger partial charge in [0, 0.05) is 0 Å². The number of methoxy groups -OCH3 is 1. The van der Waals surface area contributed by atoms with Gasteiger partial charge in [-0.25, -0.2) is 4.98 Å². The van der Waals surface area contributed by atoms with Crippen molar-refractivity contribution in [2.75, 3.05) is 12.5 Å². The third kappa shape index (κ3) is 3.03. The molecule has 4 nitrogen and oxygen atoms in total. The van der Waals surface area contributed by atoms with E-state index in [1.54, 1.807) is 24.7 Å². The lowest BCUT2D eigenvalue weighted by Gasteiger charge is -1.98. The van der Waals surface area contributed by atoms with Gasteiger partial charge in [0.25, 0.3) is 0 Å². The first-order chi connectivity index (χ1) is 10.3. The molecule has 106 valence electrons. The van der Waals surface area contributed by atoms with Gasteiger partial charge in [-0.15, -0.1) is 0 Å². The number of hydrazone groups is 1. The van der Waals surface area contributed by atoms with E-state index in [1.807, 2.05) is 36.4 Å². The van der Waals surface area contributed by atoms with E-state index in [2.05, 4.69) is 28.5 Å². The first-order valence-corrected chi connectivity index (χ1v) is 7.37. The molecule has 0 amide bonds. The quantitative estimate of drug-likeness (QED) is 0.583. The van der Waals surface area contributed by atoms with E-state index in [4.69, 9.17) is 4.74 Å². The molecule has 0 spiro atoms. The lowest BCUT2D eigenvalue weighted by atomic mass is 10.2. The number of thiazole rings is 1. The Morgan fingerprint density at radius 3 is 2.71 bits per heavy atom. The van der Waals surface area contributed by atoms with Gasteiger partial charge in [0.15, 0.2) is 0 Å². The number of aryl methyl sites for hydroxylation is 1. The van der Waals surface area contributed by atoms with E-state index in [0.717, 1.165) is 22.0 Å². The zero-order chi connectivity index (χ0) is 14.7. The van der Waals surface area contributed by atoms with Crippen LogP contribution < -0.4 is 10.2 Å². The number of rotatable bonds is 4. The summed E-state index contributed by atoms with van der Waals surface area (Å²) in [6.45, 7) is 2.09. The minimum atomic E-state index is 0.795. The smallest absolute Gasteiger partial charge is 0.204 e. The summed E-state index contributed by atoms with van der Waals surface area (Å²) in [7, 11) is 1.65. The number of ether oxygens (including phenoxy) is 1. The fourth-order valence-corrected chi connectivity index (χ4v) is 2.87. The zero-order valence-corrected chi connectivity index (χ0v) is 12.6. The van der Waals surface area contributed by atoms with E-state index in [1.165, 1.54) is 10.3 Å². The second kappa shape index (κ2) is 5.93. The van der Waals surface area contributed by atoms with Gasteiger partial charge in [-0.2, -0.15) is 5.10 Å². The molecular weight excluding hydrogens is 282 g/mol. The summed E-state index contributed by atoms with van der Waals surface area (Å²) >= 11 is 1.61. The van der Waals surface area contributed by atoms with E-state index >= 15 is 0 Å². The Balaban J connectivity index is 1.73. The molecule has 2 aromatic carbocycles. The maximum Gasteiger partial charge on any atom is 0.204 e. The van der Waals surface area contributed by atoms with Crippen LogP contribution >= 0.6 is 11.3 Å². The number of anilines is 1. The Hall–Kier alpha value is -2.40. The topological polar surface area (TPSA) is 46.5 Å². The van der Waals surface area contributed by atoms with Crippen LogP contribution in [0, 0.1) is 6.92 Å². The SMILES string of the molecule is COc1ccc(/C=N\Nc2nc3cccc(C)c3s2)cc1. The van der Waals surface area contributed by atoms with Crippen LogP contribution in [0.1, 0.15) is 11.1 Å². The summed E-state index contributed by atoms with van der Waals surface area (Å²) in [4.78, 5) is 4.51. The predicted octanol–water partition coefficient (Wildman–Crippen LogP) is 4.06. The zero-order valence-electron chi connectivity index (χ0n) is 11.8. The highest BCUT2D eigenvalue weighted by Gasteiger charge is 2.04. The van der Waals surface area contributed by atoms with Crippen LogP contribution in [-0.4, -0.2) is 18.3 Å². The Kier molecular flexibility index (Phi) is 3.83. The van der Waals surface area contributed by atoms with Crippen molar-refractivity contribution in [3.8, 4) is 5.75 Å². The van der Waals surface area contributed by atoms with E-state index in [0.29, 0.717) is 0 Å². The van der Waals surface area contributed by atoms with Crippen molar-refractivity contribution in [2.24, 2.45) is 5.10 Å². The van der Waals surface area contributed by atoms with Crippen LogP contribution in [0.4, 0.5) is 5.13 Å². The van der Waals surface area contributed by atoms with Gasteiger partial charge in [-0.1, -0.05) is 23.5 Å². The summed E-state index contributed by atoms with van der Waals surface area (Å²) in [6.07, 6.45) is 1.76. The summed E-state index contributed by atoms with van der Waals surface area (Å²) in [5, 5.41) is 5.02. The molecule has 0 bridgehead atoms. The molecule has 3 rings (SSSR count). The highest BCUT2D eigenvalue weighted by Crippen LogP contribution is 2.28. The fourth-order valence-electron chi connectivity index (χ4n) is 1.99. The van der Waals surface area contributed by atoms with Crippen molar-refractivity contribution in [1.82, 2.24) is 4.98 Å². The van der Waals surface area contributed by atoms with Gasteiger partial charge in [0.05, 0.1) is 23.5 Å². The molecule has 3 aromatic rings. The Morgan fingerprint density at radius 1 is 1.19 bits per heavy atom. The molecule has 0 aliphatic rings. The minimum absolute atomic E-state index is 0.795. The van der Waals surface area contributed by atoms with Crippen LogP contribution in [0.3, 0.4) is 0 Å². The maximum absolute atomic E-state index is 5.12. The largest absolute Gasteiger partial charge is 0.497 e. The lowest BCUT2D eigenvalue weighted by molar-refractivity contribution is 0.415. The van der Waals surface area contributed by atoms with Crippen molar-refractivity contribution < 1.29 is 4.74 Å². The lowest BCUT2D eigenvalue weighted by Crippen LogP contribution is -1.90. The van der Waals surface area contributed by atoms with Crippen molar-refractivity contribution in [1.29, 1.82) is 0 Å². The molecule has 1 N–H and O–H groups in total. The van der Waals surface area contributed by atoms with Crippen molar-refractivity contribution in [2.45, 2.75) is 6.92 Å². The molecule has 1 heterocycles. The predicted molar refractivity (Wildman–Crippen MR) is 88.6 cm³/mol. The summed E-state index contributed by atoms with van der Waals surface area (Å²) < 4.78 is 6.31. The van der Waals surface area contributed by atoms with Crippen molar-refractivity contribution in [3.63, 3.8) is 0 Å². The van der Waals surface area contributed by atoms with Gasteiger partial charge in [-0.3, -0.25) is 5.43 Å². The van der Waals surface area contributed by atoms with Crippen LogP contribution in [0.25, 0.3) is 10.2 Å². The van der Waals surface area contributed by atoms with Crippen molar-refractivity contribution in [3.05, 3.63) is 53.6 Å². The maximum atomic E-state index is 5.12. The highest BCUT2D eigenvalue weighted by atomic mass is 32.1. The average molecular weight is 297 g/mol. The van der Waals surface area contributed by atoms with Crippen LogP contribution in [0.15, 0.2) is 47.6 Å². The number of nitrogens with zero attached hydrogens (tertiary/aromatic N) is 2. The van der Waals surface area contributed by atoms with Crippen molar-refractivity contribution >= 4 is 32.9 Å². The number of fused-ring (bicyclic) bond motifs is 1. The molecule has 0 radical (unpaired) electrons. The second-order valence-corrected chi connectivity index (χ2v) is 5.58. The number of aromatic nitrogens is 1. The molecule has 0 saturated carbocycles. The number of benzene rings is 2. The molecule has 0 unspecified atom stereocenters. The second-order valence-electron chi connectivity index (χ2n) is 4.59. The third-order valence-corrected chi connectivity index (χ3v) is 4.21. The molecule has 21 heavy (non-hydrogen) atoms. The Morgan fingerprint density at radius 2 is 2.00 bits per heavy atom. The Bertz CT molecular complexity index is 778. The normalized spacial score (nSPS) is 11.1. The summed E-state index contributed by atoms with van der Waals surface area (Å²) in [6, 6.07) is 13.8. The molecule has 0 aliphatic heterocycles. The number of hydrogen-bond acceptors (Lipinski definition) is 5. The Labute approximate surface area is 127 Å². The molecule has 0 aliphatic carbocycles. The van der Waals surface area contributed by atoms with Gasteiger partial charge in [0.2, 0.25) is 5.13 Å². The molecule has 5 heteroatoms. The summed E-state index contributed by atoms with van der Waals surface area (Å²) in [5.74, 6) is 0.835. The summed E-state index contributed by atoms with van der Waals surface area (Å²) in [5.41, 5.74) is 6.22. The molecule has 1 aromatic heterocycles. The standard InChI is InChI=1S/C16H15N3OS/c1-11-4-3-5-14-15(11)21-16(18-14)19-17-10-12-6-8-13(20-2)9-7-12/h3-10H,1-2H3,(H,18,19)/b17-10-. The monoisotopic (exact) mass is 297 g/mol. The molecular formula is C16H15N3OS. The van der Waals surface area contributed by atoms with Gasteiger partial charge < -0.3 is 4.74 Å². The highest BCUT2D eigenvalue weighted by molar-refractivity contribution is 7.22. The van der Waals surface area contributed by atoms with Crippen LogP contribution in [0.5, 0.6) is 5.75 Å². The minimum Gasteiger partial charge on any atom is -0.497 e. The van der Waals surface area contributed by atoms with Gasteiger partial charge in [-0.05, 0) is 48.4 Å². The van der Waals surface area contributed by atoms with E-state index in [-0.39, 0.29) is 0 Å². The first-order valence-electron chi connectivity index (χ1n) is 6.55. The third-order valence-electron chi connectivity index (χ3n) is 3.10. The first kappa shape index (κ1) is 13.6. The van der Waals surface area contributed by atoms with E-state index < -0.39 is 0 Å². The van der Waals surface area contributed by atoms with Crippen LogP contribution in [-0.2, 0) is 0 Å². The van der Waals surface area contributed by atoms with E-state index in [9.17, 15) is 0 Å². The average Bonchev–Trinajstić information content (AvgIpc) is 2.92. The number of hydrogen-bond donors (Lipinski definition) is 1. The fraction of sp³-hybridized carbons (Fsp3) is 0.125. The van der Waals surface area contributed by atoms with Gasteiger partial charge >= 0.3 is 0 Å². The molecule has 0 atom stereocenters. The number of nitrogens with one attached hydrogen (secondary N) is 1. The van der Waals surface area contributed by atoms with Gasteiger partial charge in [0.1, 0.15) is 5.75 Å². The molecule has 0 saturated heterocycles. The molecule has 0 fully saturated rings. The van der Waals surface area contributed by atoms with Crippen LogP contribution in [0.2, 0.25) is 0 Å².